The van der Waals surface area contributed by atoms with Crippen molar-refractivity contribution in [3.8, 4) is 11.3 Å². The quantitative estimate of drug-likeness (QED) is 0.528. The number of methoxy groups -OCH3 is 1. The normalized spacial score (nSPS) is 16.2. The Morgan fingerprint density at radius 3 is 2.76 bits per heavy atom. The number of nitrogens with one attached hydrogen (secondary N) is 2. The van der Waals surface area contributed by atoms with E-state index in [9.17, 15) is 0 Å². The number of likely N-dealkylation sites (tertiary alicyclic amines) is 1. The van der Waals surface area contributed by atoms with E-state index in [1.807, 2.05) is 38.5 Å². The van der Waals surface area contributed by atoms with E-state index in [2.05, 4.69) is 42.2 Å². The molecule has 29 heavy (non-hydrogen) atoms. The Bertz CT molecular complexity index is 752. The predicted molar refractivity (Wildman–Crippen MR) is 118 cm³/mol. The van der Waals surface area contributed by atoms with E-state index in [-0.39, 0.29) is 0 Å². The number of guanidine groups is 1. The Morgan fingerprint density at radius 2 is 2.07 bits per heavy atom. The van der Waals surface area contributed by atoms with Crippen molar-refractivity contribution in [2.45, 2.75) is 19.4 Å². The summed E-state index contributed by atoms with van der Waals surface area (Å²) in [6, 6.07) is 10.3. The SMILES string of the molecule is CN=C(NCC1CCN(CCOC)CC1)N(C)Cc1ncc(-c2ccccc2)[nH]1. The van der Waals surface area contributed by atoms with E-state index in [1.165, 1.54) is 12.8 Å². The van der Waals surface area contributed by atoms with Gasteiger partial charge < -0.3 is 24.8 Å². The van der Waals surface area contributed by atoms with Crippen LogP contribution in [0.15, 0.2) is 41.5 Å². The fourth-order valence-electron chi connectivity index (χ4n) is 3.76. The van der Waals surface area contributed by atoms with E-state index in [0.717, 1.165) is 55.8 Å². The van der Waals surface area contributed by atoms with E-state index >= 15 is 0 Å². The highest BCUT2D eigenvalue weighted by molar-refractivity contribution is 5.79. The molecule has 1 fully saturated rings. The maximum Gasteiger partial charge on any atom is 0.193 e. The number of ether oxygens (including phenoxy) is 1. The first kappa shape index (κ1) is 21.3. The number of benzene rings is 1. The summed E-state index contributed by atoms with van der Waals surface area (Å²) in [5.41, 5.74) is 2.19. The molecule has 7 nitrogen and oxygen atoms in total. The van der Waals surface area contributed by atoms with Gasteiger partial charge in [0.1, 0.15) is 5.82 Å². The van der Waals surface area contributed by atoms with E-state index in [1.54, 1.807) is 7.11 Å². The molecular formula is C22H34N6O. The van der Waals surface area contributed by atoms with Gasteiger partial charge in [0.15, 0.2) is 5.96 Å². The van der Waals surface area contributed by atoms with Crippen LogP contribution in [-0.4, -0.2) is 79.7 Å². The monoisotopic (exact) mass is 398 g/mol. The van der Waals surface area contributed by atoms with Gasteiger partial charge in [0.2, 0.25) is 0 Å². The lowest BCUT2D eigenvalue weighted by molar-refractivity contribution is 0.120. The molecule has 0 spiro atoms. The van der Waals surface area contributed by atoms with Gasteiger partial charge in [-0.1, -0.05) is 30.3 Å². The number of nitrogens with zero attached hydrogens (tertiary/aromatic N) is 4. The number of rotatable bonds is 8. The summed E-state index contributed by atoms with van der Waals surface area (Å²) >= 11 is 0. The lowest BCUT2D eigenvalue weighted by Crippen LogP contribution is -2.43. The molecule has 0 radical (unpaired) electrons. The van der Waals surface area contributed by atoms with Crippen LogP contribution < -0.4 is 5.32 Å². The number of hydrogen-bond donors (Lipinski definition) is 2. The van der Waals surface area contributed by atoms with Crippen molar-refractivity contribution >= 4 is 5.96 Å². The molecule has 2 aromatic rings. The standard InChI is InChI=1S/C22H34N6O/c1-23-22(25-15-18-9-11-28(12-10-18)13-14-29-3)27(2)17-21-24-16-20(26-21)19-7-5-4-6-8-19/h4-8,16,18H,9-15,17H2,1-3H3,(H,23,25)(H,24,26). The zero-order chi connectivity index (χ0) is 20.5. The zero-order valence-corrected chi connectivity index (χ0v) is 17.9. The van der Waals surface area contributed by atoms with Crippen molar-refractivity contribution in [2.24, 2.45) is 10.9 Å². The van der Waals surface area contributed by atoms with Crippen LogP contribution in [0.5, 0.6) is 0 Å². The molecule has 0 aliphatic carbocycles. The number of aromatic nitrogens is 2. The summed E-state index contributed by atoms with van der Waals surface area (Å²) in [5.74, 6) is 2.53. The minimum Gasteiger partial charge on any atom is -0.383 e. The van der Waals surface area contributed by atoms with Crippen molar-refractivity contribution in [2.75, 3.05) is 54.0 Å². The third-order valence-electron chi connectivity index (χ3n) is 5.54. The summed E-state index contributed by atoms with van der Waals surface area (Å²) in [4.78, 5) is 17.0. The van der Waals surface area contributed by atoms with Crippen molar-refractivity contribution in [1.82, 2.24) is 25.1 Å². The molecule has 2 heterocycles. The highest BCUT2D eigenvalue weighted by Gasteiger charge is 2.19. The molecule has 2 N–H and O–H groups in total. The van der Waals surface area contributed by atoms with Gasteiger partial charge in [-0.3, -0.25) is 4.99 Å². The molecule has 158 valence electrons. The van der Waals surface area contributed by atoms with Gasteiger partial charge in [-0.25, -0.2) is 4.98 Å². The maximum atomic E-state index is 5.18. The van der Waals surface area contributed by atoms with Crippen molar-refractivity contribution < 1.29 is 4.74 Å². The molecule has 3 rings (SSSR count). The summed E-state index contributed by atoms with van der Waals surface area (Å²) < 4.78 is 5.18. The van der Waals surface area contributed by atoms with Crippen LogP contribution in [0.25, 0.3) is 11.3 Å². The van der Waals surface area contributed by atoms with E-state index in [4.69, 9.17) is 4.74 Å². The average molecular weight is 399 g/mol. The minimum atomic E-state index is 0.683. The Labute approximate surface area is 174 Å². The highest BCUT2D eigenvalue weighted by atomic mass is 16.5. The van der Waals surface area contributed by atoms with Gasteiger partial charge in [-0.15, -0.1) is 0 Å². The zero-order valence-electron chi connectivity index (χ0n) is 17.9. The summed E-state index contributed by atoms with van der Waals surface area (Å²) in [6.45, 7) is 5.80. The fraction of sp³-hybridized carbons (Fsp3) is 0.545. The molecule has 1 aromatic heterocycles. The Morgan fingerprint density at radius 1 is 1.31 bits per heavy atom. The van der Waals surface area contributed by atoms with Crippen molar-refractivity contribution in [1.29, 1.82) is 0 Å². The first-order valence-corrected chi connectivity index (χ1v) is 10.4. The smallest absolute Gasteiger partial charge is 0.193 e. The number of imidazole rings is 1. The summed E-state index contributed by atoms with van der Waals surface area (Å²) in [5, 5.41) is 3.55. The fourth-order valence-corrected chi connectivity index (χ4v) is 3.76. The molecular weight excluding hydrogens is 364 g/mol. The van der Waals surface area contributed by atoms with Crippen LogP contribution in [0, 0.1) is 5.92 Å². The third-order valence-corrected chi connectivity index (χ3v) is 5.54. The van der Waals surface area contributed by atoms with Gasteiger partial charge in [0, 0.05) is 34.3 Å². The van der Waals surface area contributed by atoms with Crippen LogP contribution in [0.2, 0.25) is 0 Å². The second-order valence-electron chi connectivity index (χ2n) is 7.67. The summed E-state index contributed by atoms with van der Waals surface area (Å²) in [7, 11) is 5.65. The first-order chi connectivity index (χ1) is 14.2. The Balaban J connectivity index is 1.45. The second-order valence-corrected chi connectivity index (χ2v) is 7.67. The lowest BCUT2D eigenvalue weighted by Gasteiger charge is -2.32. The first-order valence-electron chi connectivity index (χ1n) is 10.4. The number of aliphatic imine (C=N–C) groups is 1. The molecule has 0 unspecified atom stereocenters. The van der Waals surface area contributed by atoms with Crippen LogP contribution >= 0.6 is 0 Å². The van der Waals surface area contributed by atoms with Gasteiger partial charge in [-0.2, -0.15) is 0 Å². The largest absolute Gasteiger partial charge is 0.383 e. The Kier molecular flexibility index (Phi) is 8.07. The van der Waals surface area contributed by atoms with Crippen LogP contribution in [0.4, 0.5) is 0 Å². The van der Waals surface area contributed by atoms with Gasteiger partial charge in [0.25, 0.3) is 0 Å². The lowest BCUT2D eigenvalue weighted by atomic mass is 9.97. The van der Waals surface area contributed by atoms with Crippen LogP contribution in [0.1, 0.15) is 18.7 Å². The molecule has 0 bridgehead atoms. The molecule has 0 saturated carbocycles. The van der Waals surface area contributed by atoms with Crippen molar-refractivity contribution in [3.63, 3.8) is 0 Å². The molecule has 1 aromatic carbocycles. The second kappa shape index (κ2) is 11.0. The summed E-state index contributed by atoms with van der Waals surface area (Å²) in [6.07, 6.45) is 4.33. The number of aromatic amines is 1. The topological polar surface area (TPSA) is 68.8 Å². The number of H-pyrrole nitrogens is 1. The number of piperidine rings is 1. The van der Waals surface area contributed by atoms with Crippen LogP contribution in [-0.2, 0) is 11.3 Å². The third kappa shape index (κ3) is 6.30. The Hall–Kier alpha value is -2.38. The van der Waals surface area contributed by atoms with E-state index in [0.29, 0.717) is 12.5 Å². The average Bonchev–Trinajstić information content (AvgIpc) is 3.22. The van der Waals surface area contributed by atoms with Gasteiger partial charge in [-0.05, 0) is 37.4 Å². The predicted octanol–water partition coefficient (Wildman–Crippen LogP) is 2.44. The minimum absolute atomic E-state index is 0.683. The molecule has 1 aliphatic rings. The molecule has 1 aliphatic heterocycles. The number of hydrogen-bond acceptors (Lipinski definition) is 4. The highest BCUT2D eigenvalue weighted by Crippen LogP contribution is 2.17. The van der Waals surface area contributed by atoms with Gasteiger partial charge >= 0.3 is 0 Å². The molecule has 0 amide bonds. The molecule has 1 saturated heterocycles. The molecule has 7 heteroatoms. The van der Waals surface area contributed by atoms with Crippen molar-refractivity contribution in [3.05, 3.63) is 42.4 Å². The van der Waals surface area contributed by atoms with Crippen LogP contribution in [0.3, 0.4) is 0 Å². The van der Waals surface area contributed by atoms with Gasteiger partial charge in [0.05, 0.1) is 25.0 Å². The van der Waals surface area contributed by atoms with E-state index < -0.39 is 0 Å². The molecule has 0 atom stereocenters. The maximum absolute atomic E-state index is 5.18.